The first kappa shape index (κ1) is 20.7. The highest BCUT2D eigenvalue weighted by atomic mass is 32.1. The Hall–Kier alpha value is -4.17. The van der Waals surface area contributed by atoms with Gasteiger partial charge >= 0.3 is 0 Å². The second kappa shape index (κ2) is 8.76. The van der Waals surface area contributed by atoms with E-state index in [2.05, 4.69) is 15.3 Å². The molecule has 0 aliphatic heterocycles. The maximum atomic E-state index is 12.7. The van der Waals surface area contributed by atoms with Gasteiger partial charge in [-0.15, -0.1) is 11.3 Å². The SMILES string of the molecule is Cc1ccc(Nc2nc(-c3cccc(CC(=O)c4ccc(N)nc4)c3)nc3ccsc23)nc1. The van der Waals surface area contributed by atoms with Crippen molar-refractivity contribution in [3.8, 4) is 11.4 Å². The lowest BCUT2D eigenvalue weighted by molar-refractivity contribution is 0.0992. The molecule has 0 spiro atoms. The standard InChI is InChI=1S/C25H20N6OS/c1-15-5-8-22(28-13-15)30-25-23-19(9-10-33-23)29-24(31-25)17-4-2-3-16(11-17)12-20(32)18-6-7-21(26)27-14-18/h2-11,13-14H,12H2,1H3,(H2,26,27)(H,28,29,30,31). The van der Waals surface area contributed by atoms with E-state index in [0.717, 1.165) is 32.7 Å². The van der Waals surface area contributed by atoms with E-state index in [1.165, 1.54) is 6.20 Å². The van der Waals surface area contributed by atoms with Gasteiger partial charge in [0.05, 0.1) is 10.2 Å². The molecule has 5 aromatic rings. The van der Waals surface area contributed by atoms with E-state index in [-0.39, 0.29) is 12.2 Å². The minimum Gasteiger partial charge on any atom is -0.384 e. The number of nitrogens with one attached hydrogen (secondary N) is 1. The van der Waals surface area contributed by atoms with E-state index < -0.39 is 0 Å². The van der Waals surface area contributed by atoms with Crippen LogP contribution in [0.3, 0.4) is 0 Å². The minimum absolute atomic E-state index is 0.0262. The van der Waals surface area contributed by atoms with Crippen LogP contribution in [0.25, 0.3) is 21.6 Å². The fourth-order valence-corrected chi connectivity index (χ4v) is 4.19. The van der Waals surface area contributed by atoms with Crippen LogP contribution in [0.2, 0.25) is 0 Å². The third-order valence-electron chi connectivity index (χ3n) is 5.12. The zero-order valence-electron chi connectivity index (χ0n) is 17.8. The van der Waals surface area contributed by atoms with Crippen molar-refractivity contribution in [1.82, 2.24) is 19.9 Å². The maximum absolute atomic E-state index is 12.7. The van der Waals surface area contributed by atoms with Gasteiger partial charge in [0.15, 0.2) is 17.4 Å². The molecule has 162 valence electrons. The minimum atomic E-state index is -0.0262. The molecule has 0 amide bonds. The summed E-state index contributed by atoms with van der Waals surface area (Å²) < 4.78 is 0.961. The largest absolute Gasteiger partial charge is 0.384 e. The number of carbonyl (C=O) groups is 1. The number of aromatic nitrogens is 4. The van der Waals surface area contributed by atoms with E-state index in [1.807, 2.05) is 61.0 Å². The maximum Gasteiger partial charge on any atom is 0.168 e. The molecular formula is C25H20N6OS. The fourth-order valence-electron chi connectivity index (χ4n) is 3.42. The second-order valence-electron chi connectivity index (χ2n) is 7.65. The van der Waals surface area contributed by atoms with Crippen LogP contribution >= 0.6 is 11.3 Å². The number of nitrogens with two attached hydrogens (primary N) is 1. The first-order chi connectivity index (χ1) is 16.0. The van der Waals surface area contributed by atoms with Crippen LogP contribution in [-0.4, -0.2) is 25.7 Å². The number of hydrogen-bond donors (Lipinski definition) is 2. The molecule has 0 bridgehead atoms. The van der Waals surface area contributed by atoms with Crippen LogP contribution in [0.15, 0.2) is 72.4 Å². The highest BCUT2D eigenvalue weighted by molar-refractivity contribution is 7.17. The Labute approximate surface area is 194 Å². The Morgan fingerprint density at radius 2 is 1.94 bits per heavy atom. The van der Waals surface area contributed by atoms with Gasteiger partial charge in [-0.1, -0.05) is 24.3 Å². The lowest BCUT2D eigenvalue weighted by Gasteiger charge is -2.09. The normalized spacial score (nSPS) is 10.9. The quantitative estimate of drug-likeness (QED) is 0.341. The molecule has 0 fully saturated rings. The number of anilines is 3. The van der Waals surface area contributed by atoms with E-state index in [0.29, 0.717) is 23.0 Å². The number of carbonyl (C=O) groups excluding carboxylic acids is 1. The fraction of sp³-hybridized carbons (Fsp3) is 0.0800. The van der Waals surface area contributed by atoms with Crippen molar-refractivity contribution < 1.29 is 4.79 Å². The van der Waals surface area contributed by atoms with Gasteiger partial charge in [0.2, 0.25) is 0 Å². The molecule has 33 heavy (non-hydrogen) atoms. The van der Waals surface area contributed by atoms with Crippen molar-refractivity contribution in [2.75, 3.05) is 11.1 Å². The Kier molecular flexibility index (Phi) is 5.50. The zero-order chi connectivity index (χ0) is 22.8. The average Bonchev–Trinajstić information content (AvgIpc) is 3.30. The van der Waals surface area contributed by atoms with Crippen molar-refractivity contribution in [2.24, 2.45) is 0 Å². The Morgan fingerprint density at radius 1 is 1.03 bits per heavy atom. The van der Waals surface area contributed by atoms with E-state index in [1.54, 1.807) is 23.5 Å². The van der Waals surface area contributed by atoms with Gasteiger partial charge < -0.3 is 11.1 Å². The average molecular weight is 453 g/mol. The van der Waals surface area contributed by atoms with Crippen LogP contribution in [-0.2, 0) is 6.42 Å². The number of nitrogen functional groups attached to an aromatic ring is 1. The molecule has 0 aliphatic rings. The Balaban J connectivity index is 1.46. The molecule has 1 aromatic carbocycles. The lowest BCUT2D eigenvalue weighted by atomic mass is 10.0. The van der Waals surface area contributed by atoms with Crippen molar-refractivity contribution in [3.05, 3.63) is 89.1 Å². The number of hydrogen-bond acceptors (Lipinski definition) is 8. The highest BCUT2D eigenvalue weighted by Gasteiger charge is 2.13. The number of aryl methyl sites for hydroxylation is 1. The van der Waals surface area contributed by atoms with Crippen LogP contribution in [0.4, 0.5) is 17.5 Å². The van der Waals surface area contributed by atoms with Crippen molar-refractivity contribution in [3.63, 3.8) is 0 Å². The first-order valence-electron chi connectivity index (χ1n) is 10.3. The van der Waals surface area contributed by atoms with Gasteiger partial charge in [-0.25, -0.2) is 19.9 Å². The predicted molar refractivity (Wildman–Crippen MR) is 132 cm³/mol. The summed E-state index contributed by atoms with van der Waals surface area (Å²) in [5.74, 6) is 2.37. The molecule has 0 unspecified atom stereocenters. The number of ketones is 1. The molecule has 0 saturated carbocycles. The second-order valence-corrected chi connectivity index (χ2v) is 8.56. The van der Waals surface area contributed by atoms with Gasteiger partial charge in [0.25, 0.3) is 0 Å². The summed E-state index contributed by atoms with van der Waals surface area (Å²) in [6, 6.07) is 16.9. The number of rotatable bonds is 6. The number of thiophene rings is 1. The van der Waals surface area contributed by atoms with Crippen molar-refractivity contribution >= 4 is 44.8 Å². The molecule has 3 N–H and O–H groups in total. The van der Waals surface area contributed by atoms with Crippen LogP contribution in [0.5, 0.6) is 0 Å². The van der Waals surface area contributed by atoms with Crippen LogP contribution in [0, 0.1) is 6.92 Å². The summed E-state index contributed by atoms with van der Waals surface area (Å²) in [7, 11) is 0. The van der Waals surface area contributed by atoms with E-state index in [9.17, 15) is 4.79 Å². The molecule has 4 heterocycles. The van der Waals surface area contributed by atoms with Gasteiger partial charge in [-0.05, 0) is 53.8 Å². The third kappa shape index (κ3) is 4.56. The van der Waals surface area contributed by atoms with Gasteiger partial charge in [0.1, 0.15) is 11.6 Å². The highest BCUT2D eigenvalue weighted by Crippen LogP contribution is 2.31. The van der Waals surface area contributed by atoms with Gasteiger partial charge in [0, 0.05) is 29.9 Å². The smallest absolute Gasteiger partial charge is 0.168 e. The first-order valence-corrected chi connectivity index (χ1v) is 11.2. The molecule has 0 aliphatic carbocycles. The van der Waals surface area contributed by atoms with Gasteiger partial charge in [-0.3, -0.25) is 4.79 Å². The predicted octanol–water partition coefficient (Wildman–Crippen LogP) is 5.21. The van der Waals surface area contributed by atoms with Crippen molar-refractivity contribution in [2.45, 2.75) is 13.3 Å². The number of nitrogens with zero attached hydrogens (tertiary/aromatic N) is 4. The molecule has 4 aromatic heterocycles. The molecule has 7 nitrogen and oxygen atoms in total. The monoisotopic (exact) mass is 452 g/mol. The van der Waals surface area contributed by atoms with Crippen LogP contribution < -0.4 is 11.1 Å². The molecule has 5 rings (SSSR count). The summed E-state index contributed by atoms with van der Waals surface area (Å²) in [5.41, 5.74) is 9.80. The number of Topliss-reactive ketones (excluding diaryl/α,β-unsaturated/α-hetero) is 1. The number of benzene rings is 1. The summed E-state index contributed by atoms with van der Waals surface area (Å²) in [6.45, 7) is 2.00. The third-order valence-corrected chi connectivity index (χ3v) is 6.03. The summed E-state index contributed by atoms with van der Waals surface area (Å²) >= 11 is 1.58. The Morgan fingerprint density at radius 3 is 2.73 bits per heavy atom. The number of pyridine rings is 2. The summed E-state index contributed by atoms with van der Waals surface area (Å²) in [6.07, 6.45) is 3.57. The van der Waals surface area contributed by atoms with Gasteiger partial charge in [-0.2, -0.15) is 0 Å². The summed E-state index contributed by atoms with van der Waals surface area (Å²) in [5, 5.41) is 5.31. The number of fused-ring (bicyclic) bond motifs is 1. The van der Waals surface area contributed by atoms with Crippen molar-refractivity contribution in [1.29, 1.82) is 0 Å². The molecular weight excluding hydrogens is 432 g/mol. The van der Waals surface area contributed by atoms with Crippen LogP contribution in [0.1, 0.15) is 21.5 Å². The Bertz CT molecular complexity index is 1440. The van der Waals surface area contributed by atoms with E-state index in [4.69, 9.17) is 15.7 Å². The van der Waals surface area contributed by atoms with E-state index >= 15 is 0 Å². The molecule has 0 radical (unpaired) electrons. The molecule has 0 saturated heterocycles. The lowest BCUT2D eigenvalue weighted by Crippen LogP contribution is -2.05. The zero-order valence-corrected chi connectivity index (χ0v) is 18.6. The summed E-state index contributed by atoms with van der Waals surface area (Å²) in [4.78, 5) is 30.6. The molecule has 8 heteroatoms. The topological polar surface area (TPSA) is 107 Å². The molecule has 0 atom stereocenters.